The third-order valence-electron chi connectivity index (χ3n) is 2.62. The van der Waals surface area contributed by atoms with E-state index in [0.717, 1.165) is 12.1 Å². The Balaban J connectivity index is 2.39. The molecule has 7 heteroatoms. The SMILES string of the molecule is N=C(N)c1ccc(Cl)cc1Oc1cccc(C(F)(F)F)c1. The highest BCUT2D eigenvalue weighted by molar-refractivity contribution is 6.30. The summed E-state index contributed by atoms with van der Waals surface area (Å²) >= 11 is 5.82. The monoisotopic (exact) mass is 314 g/mol. The molecular weight excluding hydrogens is 305 g/mol. The largest absolute Gasteiger partial charge is 0.457 e. The van der Waals surface area contributed by atoms with Crippen LogP contribution < -0.4 is 10.5 Å². The molecule has 2 aromatic carbocycles. The van der Waals surface area contributed by atoms with Crippen molar-refractivity contribution in [2.24, 2.45) is 5.73 Å². The van der Waals surface area contributed by atoms with Crippen molar-refractivity contribution in [3.8, 4) is 11.5 Å². The lowest BCUT2D eigenvalue weighted by atomic mass is 10.1. The van der Waals surface area contributed by atoms with Gasteiger partial charge in [0.2, 0.25) is 0 Å². The van der Waals surface area contributed by atoms with Crippen LogP contribution in [0, 0.1) is 5.41 Å². The minimum Gasteiger partial charge on any atom is -0.457 e. The van der Waals surface area contributed by atoms with E-state index in [0.29, 0.717) is 5.02 Å². The maximum Gasteiger partial charge on any atom is 0.416 e. The molecule has 2 aromatic rings. The second-order valence-electron chi connectivity index (χ2n) is 4.18. The van der Waals surface area contributed by atoms with E-state index in [1.807, 2.05) is 0 Å². The van der Waals surface area contributed by atoms with Crippen molar-refractivity contribution in [2.45, 2.75) is 6.18 Å². The van der Waals surface area contributed by atoms with Crippen molar-refractivity contribution >= 4 is 17.4 Å². The standard InChI is InChI=1S/C14H10ClF3N2O/c15-9-4-5-11(13(19)20)12(7-9)21-10-3-1-2-8(6-10)14(16,17)18/h1-7H,(H3,19,20). The van der Waals surface area contributed by atoms with Crippen LogP contribution in [-0.4, -0.2) is 5.84 Å². The number of nitrogens with one attached hydrogen (secondary N) is 1. The number of nitrogen functional groups attached to an aromatic ring is 1. The molecule has 0 saturated carbocycles. The van der Waals surface area contributed by atoms with Gasteiger partial charge in [0, 0.05) is 11.1 Å². The molecule has 0 bridgehead atoms. The number of alkyl halides is 3. The summed E-state index contributed by atoms with van der Waals surface area (Å²) in [4.78, 5) is 0. The van der Waals surface area contributed by atoms with Gasteiger partial charge in [0.05, 0.1) is 11.1 Å². The average molecular weight is 315 g/mol. The number of amidine groups is 1. The van der Waals surface area contributed by atoms with Crippen LogP contribution >= 0.6 is 11.6 Å². The molecule has 0 aliphatic rings. The highest BCUT2D eigenvalue weighted by Gasteiger charge is 2.30. The number of ether oxygens (including phenoxy) is 1. The van der Waals surface area contributed by atoms with Gasteiger partial charge in [0.15, 0.2) is 0 Å². The summed E-state index contributed by atoms with van der Waals surface area (Å²) < 4.78 is 43.3. The molecular formula is C14H10ClF3N2O. The quantitative estimate of drug-likeness (QED) is 0.650. The third kappa shape index (κ3) is 3.66. The van der Waals surface area contributed by atoms with E-state index in [1.54, 1.807) is 0 Å². The zero-order valence-electron chi connectivity index (χ0n) is 10.5. The van der Waals surface area contributed by atoms with E-state index < -0.39 is 11.7 Å². The van der Waals surface area contributed by atoms with Crippen LogP contribution in [0.15, 0.2) is 42.5 Å². The minimum absolute atomic E-state index is 0.0189. The molecule has 0 aromatic heterocycles. The summed E-state index contributed by atoms with van der Waals surface area (Å²) in [6, 6.07) is 8.78. The Morgan fingerprint density at radius 3 is 2.48 bits per heavy atom. The summed E-state index contributed by atoms with van der Waals surface area (Å²) in [7, 11) is 0. The second kappa shape index (κ2) is 5.65. The van der Waals surface area contributed by atoms with Gasteiger partial charge in [-0.2, -0.15) is 13.2 Å². The maximum atomic E-state index is 12.6. The van der Waals surface area contributed by atoms with Crippen molar-refractivity contribution in [1.82, 2.24) is 0 Å². The Bertz CT molecular complexity index is 686. The summed E-state index contributed by atoms with van der Waals surface area (Å²) in [5.41, 5.74) is 4.82. The van der Waals surface area contributed by atoms with Gasteiger partial charge in [-0.25, -0.2) is 0 Å². The first-order chi connectivity index (χ1) is 9.77. The molecule has 21 heavy (non-hydrogen) atoms. The molecule has 3 N–H and O–H groups in total. The second-order valence-corrected chi connectivity index (χ2v) is 4.62. The van der Waals surface area contributed by atoms with Gasteiger partial charge in [0.25, 0.3) is 0 Å². The zero-order valence-corrected chi connectivity index (χ0v) is 11.3. The molecule has 0 unspecified atom stereocenters. The summed E-state index contributed by atoms with van der Waals surface area (Å²) in [5, 5.41) is 7.75. The smallest absolute Gasteiger partial charge is 0.416 e. The number of rotatable bonds is 3. The number of nitrogens with two attached hydrogens (primary N) is 1. The predicted octanol–water partition coefficient (Wildman–Crippen LogP) is 4.44. The Hall–Kier alpha value is -2.21. The van der Waals surface area contributed by atoms with Gasteiger partial charge < -0.3 is 10.5 Å². The van der Waals surface area contributed by atoms with E-state index in [-0.39, 0.29) is 22.9 Å². The first kappa shape index (κ1) is 15.2. The molecule has 3 nitrogen and oxygen atoms in total. The first-order valence-electron chi connectivity index (χ1n) is 5.76. The molecule has 0 fully saturated rings. The number of halogens is 4. The maximum absolute atomic E-state index is 12.6. The van der Waals surface area contributed by atoms with Gasteiger partial charge in [0.1, 0.15) is 17.3 Å². The number of benzene rings is 2. The normalized spacial score (nSPS) is 11.2. The fourth-order valence-corrected chi connectivity index (χ4v) is 1.83. The highest BCUT2D eigenvalue weighted by atomic mass is 35.5. The van der Waals surface area contributed by atoms with Crippen LogP contribution in [0.4, 0.5) is 13.2 Å². The molecule has 110 valence electrons. The highest BCUT2D eigenvalue weighted by Crippen LogP contribution is 2.34. The Morgan fingerprint density at radius 1 is 1.14 bits per heavy atom. The molecule has 0 aliphatic carbocycles. The van der Waals surface area contributed by atoms with Gasteiger partial charge >= 0.3 is 6.18 Å². The molecule has 0 heterocycles. The van der Waals surface area contributed by atoms with Gasteiger partial charge in [-0.3, -0.25) is 5.41 Å². The van der Waals surface area contributed by atoms with Crippen LogP contribution in [-0.2, 0) is 6.18 Å². The number of hydrogen-bond acceptors (Lipinski definition) is 2. The Labute approximate surface area is 123 Å². The lowest BCUT2D eigenvalue weighted by Gasteiger charge is -2.12. The van der Waals surface area contributed by atoms with E-state index >= 15 is 0 Å². The van der Waals surface area contributed by atoms with Gasteiger partial charge in [-0.05, 0) is 30.3 Å². The Kier molecular flexibility index (Phi) is 4.09. The van der Waals surface area contributed by atoms with Crippen LogP contribution in [0.25, 0.3) is 0 Å². The van der Waals surface area contributed by atoms with Crippen LogP contribution in [0.2, 0.25) is 5.02 Å². The molecule has 0 radical (unpaired) electrons. The van der Waals surface area contributed by atoms with Crippen molar-refractivity contribution in [3.63, 3.8) is 0 Å². The Morgan fingerprint density at radius 2 is 1.86 bits per heavy atom. The molecule has 0 spiro atoms. The van der Waals surface area contributed by atoms with Crippen LogP contribution in [0.3, 0.4) is 0 Å². The molecule has 0 aliphatic heterocycles. The summed E-state index contributed by atoms with van der Waals surface area (Å²) in [6.07, 6.45) is -4.46. The average Bonchev–Trinajstić information content (AvgIpc) is 2.37. The lowest BCUT2D eigenvalue weighted by Crippen LogP contribution is -2.12. The molecule has 2 rings (SSSR count). The van der Waals surface area contributed by atoms with Crippen molar-refractivity contribution in [2.75, 3.05) is 0 Å². The summed E-state index contributed by atoms with van der Waals surface area (Å²) in [6.45, 7) is 0. The van der Waals surface area contributed by atoms with E-state index in [4.69, 9.17) is 27.5 Å². The summed E-state index contributed by atoms with van der Waals surface area (Å²) in [5.74, 6) is -0.169. The first-order valence-corrected chi connectivity index (χ1v) is 6.14. The van der Waals surface area contributed by atoms with Crippen molar-refractivity contribution < 1.29 is 17.9 Å². The van der Waals surface area contributed by atoms with E-state index in [9.17, 15) is 13.2 Å². The van der Waals surface area contributed by atoms with Gasteiger partial charge in [-0.15, -0.1) is 0 Å². The topological polar surface area (TPSA) is 59.1 Å². The van der Waals surface area contributed by atoms with Gasteiger partial charge in [-0.1, -0.05) is 17.7 Å². The molecule has 0 amide bonds. The van der Waals surface area contributed by atoms with Crippen molar-refractivity contribution in [1.29, 1.82) is 5.41 Å². The van der Waals surface area contributed by atoms with Crippen molar-refractivity contribution in [3.05, 3.63) is 58.6 Å². The fraction of sp³-hybridized carbons (Fsp3) is 0.0714. The zero-order chi connectivity index (χ0) is 15.6. The van der Waals surface area contributed by atoms with Crippen LogP contribution in [0.5, 0.6) is 11.5 Å². The molecule has 0 atom stereocenters. The molecule has 0 saturated heterocycles. The third-order valence-corrected chi connectivity index (χ3v) is 2.86. The van der Waals surface area contributed by atoms with E-state index in [2.05, 4.69) is 0 Å². The predicted molar refractivity (Wildman–Crippen MR) is 74.0 cm³/mol. The van der Waals surface area contributed by atoms with Crippen LogP contribution in [0.1, 0.15) is 11.1 Å². The lowest BCUT2D eigenvalue weighted by molar-refractivity contribution is -0.137. The fourth-order valence-electron chi connectivity index (χ4n) is 1.67. The minimum atomic E-state index is -4.46. The number of hydrogen-bond donors (Lipinski definition) is 2. The van der Waals surface area contributed by atoms with E-state index in [1.165, 1.54) is 30.3 Å².